The van der Waals surface area contributed by atoms with Crippen molar-refractivity contribution in [3.63, 3.8) is 0 Å². The van der Waals surface area contributed by atoms with Gasteiger partial charge in [0.25, 0.3) is 0 Å². The molecule has 18 heavy (non-hydrogen) atoms. The summed E-state index contributed by atoms with van der Waals surface area (Å²) >= 11 is 0. The Hall–Kier alpha value is -1.11. The van der Waals surface area contributed by atoms with Crippen LogP contribution in [0.2, 0.25) is 0 Å². The Morgan fingerprint density at radius 2 is 1.78 bits per heavy atom. The summed E-state index contributed by atoms with van der Waals surface area (Å²) in [4.78, 5) is 2.04. The van der Waals surface area contributed by atoms with E-state index in [1.807, 2.05) is 43.3 Å². The van der Waals surface area contributed by atoms with Crippen LogP contribution in [0.25, 0.3) is 0 Å². The Kier molecular flexibility index (Phi) is 5.58. The first-order valence-electron chi connectivity index (χ1n) is 5.83. The molecule has 0 saturated carbocycles. The largest absolute Gasteiger partial charge is 0.378 e. The van der Waals surface area contributed by atoms with Crippen LogP contribution in [0.4, 0.5) is 5.69 Å². The van der Waals surface area contributed by atoms with Crippen LogP contribution in [0.5, 0.6) is 0 Å². The van der Waals surface area contributed by atoms with Gasteiger partial charge in [-0.25, -0.2) is 13.1 Å². The van der Waals surface area contributed by atoms with Crippen LogP contribution in [0.1, 0.15) is 5.56 Å². The highest BCUT2D eigenvalue weighted by Gasteiger charge is 2.05. The van der Waals surface area contributed by atoms with Gasteiger partial charge in [-0.1, -0.05) is 12.1 Å². The summed E-state index contributed by atoms with van der Waals surface area (Å²) in [6.07, 6.45) is 0. The summed E-state index contributed by atoms with van der Waals surface area (Å²) in [5, 5.41) is 3.11. The number of rotatable bonds is 7. The van der Waals surface area contributed by atoms with Gasteiger partial charge in [-0.2, -0.15) is 0 Å². The third kappa shape index (κ3) is 5.03. The van der Waals surface area contributed by atoms with Gasteiger partial charge in [0, 0.05) is 32.9 Å². The Bertz CT molecular complexity index is 455. The second-order valence-electron chi connectivity index (χ2n) is 4.26. The molecule has 0 aromatic heterocycles. The molecule has 0 fully saturated rings. The van der Waals surface area contributed by atoms with E-state index in [1.165, 1.54) is 7.05 Å². The van der Waals surface area contributed by atoms with E-state index in [4.69, 9.17) is 0 Å². The average Bonchev–Trinajstić information content (AvgIpc) is 2.35. The fourth-order valence-corrected chi connectivity index (χ4v) is 2.07. The zero-order valence-electron chi connectivity index (χ0n) is 11.1. The lowest BCUT2D eigenvalue weighted by atomic mass is 10.2. The second-order valence-corrected chi connectivity index (χ2v) is 6.31. The van der Waals surface area contributed by atoms with Crippen molar-refractivity contribution in [3.05, 3.63) is 29.8 Å². The molecule has 5 nitrogen and oxygen atoms in total. The maximum absolute atomic E-state index is 11.2. The topological polar surface area (TPSA) is 61.4 Å². The van der Waals surface area contributed by atoms with Gasteiger partial charge in [0.1, 0.15) is 0 Å². The first-order chi connectivity index (χ1) is 8.44. The van der Waals surface area contributed by atoms with E-state index in [0.29, 0.717) is 13.1 Å². The highest BCUT2D eigenvalue weighted by molar-refractivity contribution is 7.89. The highest BCUT2D eigenvalue weighted by Crippen LogP contribution is 2.11. The van der Waals surface area contributed by atoms with Crippen molar-refractivity contribution in [1.29, 1.82) is 0 Å². The number of anilines is 1. The van der Waals surface area contributed by atoms with Gasteiger partial charge in [0.05, 0.1) is 5.75 Å². The molecule has 2 N–H and O–H groups in total. The molecule has 0 unspecified atom stereocenters. The molecule has 102 valence electrons. The minimum Gasteiger partial charge on any atom is -0.378 e. The number of sulfonamides is 1. The quantitative estimate of drug-likeness (QED) is 0.704. The monoisotopic (exact) mass is 271 g/mol. The number of nitrogens with zero attached hydrogens (tertiary/aromatic N) is 1. The molecular formula is C12H21N3O2S. The van der Waals surface area contributed by atoms with Crippen molar-refractivity contribution >= 4 is 15.7 Å². The number of benzene rings is 1. The molecule has 0 aliphatic rings. The molecule has 0 amide bonds. The summed E-state index contributed by atoms with van der Waals surface area (Å²) in [5.74, 6) is 0.0965. The van der Waals surface area contributed by atoms with Crippen LogP contribution in [0, 0.1) is 0 Å². The Labute approximate surface area is 109 Å². The Morgan fingerprint density at radius 3 is 2.28 bits per heavy atom. The lowest BCUT2D eigenvalue weighted by molar-refractivity contribution is 0.583. The molecule has 0 spiro atoms. The van der Waals surface area contributed by atoms with Gasteiger partial charge in [0.2, 0.25) is 10.0 Å². The summed E-state index contributed by atoms with van der Waals surface area (Å²) < 4.78 is 24.6. The Morgan fingerprint density at radius 1 is 1.17 bits per heavy atom. The van der Waals surface area contributed by atoms with Gasteiger partial charge in [-0.05, 0) is 24.7 Å². The molecule has 0 radical (unpaired) electrons. The van der Waals surface area contributed by atoms with Crippen molar-refractivity contribution in [2.45, 2.75) is 6.54 Å². The number of hydrogen-bond donors (Lipinski definition) is 2. The summed E-state index contributed by atoms with van der Waals surface area (Å²) in [6.45, 7) is 1.12. The standard InChI is InChI=1S/C12H21N3O2S/c1-13-18(16,17)9-8-14-10-11-4-6-12(7-5-11)15(2)3/h4-7,13-14H,8-10H2,1-3H3. The van der Waals surface area contributed by atoms with Crippen molar-refractivity contribution in [2.24, 2.45) is 0 Å². The number of nitrogens with one attached hydrogen (secondary N) is 2. The maximum Gasteiger partial charge on any atom is 0.212 e. The van der Waals surface area contributed by atoms with E-state index in [2.05, 4.69) is 10.0 Å². The lowest BCUT2D eigenvalue weighted by Crippen LogP contribution is -2.29. The highest BCUT2D eigenvalue weighted by atomic mass is 32.2. The molecule has 1 rings (SSSR count). The third-order valence-electron chi connectivity index (χ3n) is 2.64. The van der Waals surface area contributed by atoms with Crippen molar-refractivity contribution in [1.82, 2.24) is 10.0 Å². The maximum atomic E-state index is 11.2. The summed E-state index contributed by atoms with van der Waals surface area (Å²) in [6, 6.07) is 8.16. The minimum atomic E-state index is -3.11. The number of hydrogen-bond acceptors (Lipinski definition) is 4. The van der Waals surface area contributed by atoms with Crippen LogP contribution in [-0.4, -0.2) is 41.9 Å². The predicted molar refractivity (Wildman–Crippen MR) is 75.3 cm³/mol. The molecule has 0 aliphatic carbocycles. The molecule has 6 heteroatoms. The fourth-order valence-electron chi connectivity index (χ4n) is 1.45. The first-order valence-corrected chi connectivity index (χ1v) is 7.48. The van der Waals surface area contributed by atoms with E-state index >= 15 is 0 Å². The zero-order chi connectivity index (χ0) is 13.6. The predicted octanol–water partition coefficient (Wildman–Crippen LogP) is 0.391. The van der Waals surface area contributed by atoms with Crippen LogP contribution in [0.15, 0.2) is 24.3 Å². The molecule has 0 saturated heterocycles. The van der Waals surface area contributed by atoms with Crippen molar-refractivity contribution in [2.75, 3.05) is 38.3 Å². The van der Waals surface area contributed by atoms with Gasteiger partial charge < -0.3 is 10.2 Å². The normalized spacial score (nSPS) is 11.5. The van der Waals surface area contributed by atoms with E-state index in [9.17, 15) is 8.42 Å². The van der Waals surface area contributed by atoms with Crippen molar-refractivity contribution < 1.29 is 8.42 Å². The molecule has 0 atom stereocenters. The van der Waals surface area contributed by atoms with Crippen LogP contribution >= 0.6 is 0 Å². The zero-order valence-corrected chi connectivity index (χ0v) is 11.9. The van der Waals surface area contributed by atoms with Gasteiger partial charge in [-0.15, -0.1) is 0 Å². The third-order valence-corrected chi connectivity index (χ3v) is 4.00. The minimum absolute atomic E-state index is 0.0965. The Balaban J connectivity index is 2.36. The van der Waals surface area contributed by atoms with Gasteiger partial charge >= 0.3 is 0 Å². The lowest BCUT2D eigenvalue weighted by Gasteiger charge is -2.12. The molecule has 0 aliphatic heterocycles. The van der Waals surface area contributed by atoms with Crippen LogP contribution < -0.4 is 14.9 Å². The smallest absolute Gasteiger partial charge is 0.212 e. The van der Waals surface area contributed by atoms with E-state index in [1.54, 1.807) is 0 Å². The van der Waals surface area contributed by atoms with E-state index in [0.717, 1.165) is 11.3 Å². The summed E-state index contributed by atoms with van der Waals surface area (Å²) in [5.41, 5.74) is 2.29. The fraction of sp³-hybridized carbons (Fsp3) is 0.500. The van der Waals surface area contributed by atoms with Gasteiger partial charge in [-0.3, -0.25) is 0 Å². The first kappa shape index (κ1) is 14.9. The molecule has 1 aromatic rings. The molecular weight excluding hydrogens is 250 g/mol. The SMILES string of the molecule is CNS(=O)(=O)CCNCc1ccc(N(C)C)cc1. The van der Waals surface area contributed by atoms with Crippen LogP contribution in [0.3, 0.4) is 0 Å². The van der Waals surface area contributed by atoms with Crippen LogP contribution in [-0.2, 0) is 16.6 Å². The van der Waals surface area contributed by atoms with Gasteiger partial charge in [0.15, 0.2) is 0 Å². The molecule has 0 bridgehead atoms. The van der Waals surface area contributed by atoms with E-state index < -0.39 is 10.0 Å². The summed E-state index contributed by atoms with van der Waals surface area (Å²) in [7, 11) is 2.31. The average molecular weight is 271 g/mol. The van der Waals surface area contributed by atoms with E-state index in [-0.39, 0.29) is 5.75 Å². The molecule has 1 aromatic carbocycles. The van der Waals surface area contributed by atoms with Crippen molar-refractivity contribution in [3.8, 4) is 0 Å². The molecule has 0 heterocycles. The second kappa shape index (κ2) is 6.72.